The molecular weight excluding hydrogens is 596 g/mol. The summed E-state index contributed by atoms with van der Waals surface area (Å²) in [6.45, 7) is 2.63. The van der Waals surface area contributed by atoms with E-state index in [0.717, 1.165) is 40.3 Å². The Morgan fingerprint density at radius 1 is 0.568 bits per heavy atom. The maximum atomic E-state index is 4.73. The fourth-order valence-electron chi connectivity index (χ4n) is 6.48. The number of rotatable bonds is 6. The molecule has 0 N–H and O–H groups in total. The van der Waals surface area contributed by atoms with E-state index in [-0.39, 0.29) is 0 Å². The van der Waals surface area contributed by atoms with E-state index in [1.165, 1.54) is 51.4 Å². The lowest BCUT2D eigenvalue weighted by Gasteiger charge is -2.35. The Hall–Kier alpha value is -1.88. The first kappa shape index (κ1) is 25.4. The Morgan fingerprint density at radius 2 is 0.946 bits per heavy atom. The van der Waals surface area contributed by atoms with Gasteiger partial charge in [-0.1, -0.05) is 68.0 Å². The molecular formula is C27H34Br2N8. The summed E-state index contributed by atoms with van der Waals surface area (Å²) >= 11 is 7.00. The Balaban J connectivity index is 1.15. The summed E-state index contributed by atoms with van der Waals surface area (Å²) in [7, 11) is 0. The number of hydrogen-bond donors (Lipinski definition) is 0. The van der Waals surface area contributed by atoms with Gasteiger partial charge in [0.05, 0.1) is 43.5 Å². The topological polar surface area (TPSA) is 62.4 Å². The first-order valence-electron chi connectivity index (χ1n) is 13.5. The molecule has 2 aliphatic carbocycles. The summed E-state index contributed by atoms with van der Waals surface area (Å²) < 4.78 is 2.12. The largest absolute Gasteiger partial charge is 0.266 e. The molecule has 2 aromatic rings. The van der Waals surface area contributed by atoms with E-state index in [0.29, 0.717) is 24.2 Å². The Morgan fingerprint density at radius 3 is 1.35 bits per heavy atom. The number of nitrogens with zero attached hydrogens (tertiary/aromatic N) is 8. The third-order valence-electron chi connectivity index (χ3n) is 8.31. The van der Waals surface area contributed by atoms with Gasteiger partial charge >= 0.3 is 0 Å². The third kappa shape index (κ3) is 5.77. The van der Waals surface area contributed by atoms with Gasteiger partial charge < -0.3 is 0 Å². The molecule has 4 atom stereocenters. The minimum atomic E-state index is 0.450. The van der Waals surface area contributed by atoms with Crippen molar-refractivity contribution in [3.8, 4) is 0 Å². The van der Waals surface area contributed by atoms with Crippen LogP contribution in [0.5, 0.6) is 0 Å². The highest BCUT2D eigenvalue weighted by Crippen LogP contribution is 2.37. The van der Waals surface area contributed by atoms with E-state index in [2.05, 4.69) is 61.9 Å². The molecule has 4 fully saturated rings. The van der Waals surface area contributed by atoms with Crippen molar-refractivity contribution in [3.05, 3.63) is 57.5 Å². The van der Waals surface area contributed by atoms with Gasteiger partial charge in [-0.15, -0.1) is 10.2 Å². The summed E-state index contributed by atoms with van der Waals surface area (Å²) in [6, 6.07) is 18.1. The van der Waals surface area contributed by atoms with Crippen LogP contribution in [-0.2, 0) is 0 Å². The van der Waals surface area contributed by atoms with Crippen LogP contribution in [0.2, 0.25) is 0 Å². The van der Waals surface area contributed by atoms with Crippen LogP contribution in [0.4, 0.5) is 11.4 Å². The van der Waals surface area contributed by atoms with E-state index < -0.39 is 0 Å². The highest BCUT2D eigenvalue weighted by Gasteiger charge is 2.46. The van der Waals surface area contributed by atoms with Crippen LogP contribution < -0.4 is 0 Å². The minimum Gasteiger partial charge on any atom is -0.266 e. The average molecular weight is 630 g/mol. The smallest absolute Gasteiger partial charge is 0.0913 e. The quantitative estimate of drug-likeness (QED) is 0.308. The van der Waals surface area contributed by atoms with Crippen molar-refractivity contribution in [2.24, 2.45) is 20.7 Å². The maximum Gasteiger partial charge on any atom is 0.0913 e. The van der Waals surface area contributed by atoms with Crippen LogP contribution >= 0.6 is 31.9 Å². The molecule has 37 heavy (non-hydrogen) atoms. The van der Waals surface area contributed by atoms with Crippen LogP contribution in [-0.4, -0.2) is 64.0 Å². The van der Waals surface area contributed by atoms with Crippen molar-refractivity contribution in [3.63, 3.8) is 0 Å². The van der Waals surface area contributed by atoms with E-state index in [1.807, 2.05) is 48.5 Å². The van der Waals surface area contributed by atoms with Gasteiger partial charge in [0, 0.05) is 21.0 Å². The minimum absolute atomic E-state index is 0.450. The molecule has 0 aromatic heterocycles. The molecule has 196 valence electrons. The Bertz CT molecular complexity index is 1020. The SMILES string of the molecule is Brc1ccc(N=NN2CN(CN3CN(N=Nc4ccc(Br)cc4)C4CCCCC43)C3CCCCC32)cc1. The van der Waals surface area contributed by atoms with Gasteiger partial charge in [-0.3, -0.25) is 19.8 Å². The zero-order valence-electron chi connectivity index (χ0n) is 21.0. The molecule has 2 aromatic carbocycles. The summed E-state index contributed by atoms with van der Waals surface area (Å²) in [5.74, 6) is 0. The molecule has 2 saturated carbocycles. The molecule has 10 heteroatoms. The van der Waals surface area contributed by atoms with E-state index in [4.69, 9.17) is 10.4 Å². The lowest BCUT2D eigenvalue weighted by atomic mass is 9.90. The summed E-state index contributed by atoms with van der Waals surface area (Å²) in [4.78, 5) is 5.29. The van der Waals surface area contributed by atoms with E-state index >= 15 is 0 Å². The molecule has 0 spiro atoms. The number of benzene rings is 2. The van der Waals surface area contributed by atoms with Crippen molar-refractivity contribution in [2.75, 3.05) is 20.0 Å². The summed E-state index contributed by atoms with van der Waals surface area (Å²) in [5.41, 5.74) is 1.79. The highest BCUT2D eigenvalue weighted by molar-refractivity contribution is 9.10. The molecule has 8 nitrogen and oxygen atoms in total. The van der Waals surface area contributed by atoms with Crippen LogP contribution in [0, 0.1) is 0 Å². The predicted molar refractivity (Wildman–Crippen MR) is 151 cm³/mol. The van der Waals surface area contributed by atoms with Crippen LogP contribution in [0.3, 0.4) is 0 Å². The van der Waals surface area contributed by atoms with Crippen molar-refractivity contribution >= 4 is 43.2 Å². The van der Waals surface area contributed by atoms with E-state index in [9.17, 15) is 0 Å². The average Bonchev–Trinajstić information content (AvgIpc) is 3.46. The Kier molecular flexibility index (Phi) is 7.88. The molecule has 2 heterocycles. The van der Waals surface area contributed by atoms with Gasteiger partial charge in [-0.2, -0.15) is 0 Å². The zero-order valence-corrected chi connectivity index (χ0v) is 24.2. The van der Waals surface area contributed by atoms with Gasteiger partial charge in [0.1, 0.15) is 0 Å². The maximum absolute atomic E-state index is 4.73. The second kappa shape index (κ2) is 11.5. The van der Waals surface area contributed by atoms with Crippen molar-refractivity contribution in [1.29, 1.82) is 0 Å². The lowest BCUT2D eigenvalue weighted by molar-refractivity contribution is 0.0801. The fourth-order valence-corrected chi connectivity index (χ4v) is 7.01. The zero-order chi connectivity index (χ0) is 25.2. The standard InChI is InChI=1S/C27H34Br2N8/c28-20-9-13-22(14-10-20)30-32-36-18-34(24-5-1-3-7-26(24)36)17-35-19-37(27-8-4-2-6-25(27)35)33-31-23-15-11-21(29)12-16-23/h9-16,24-27H,1-8,17-19H2. The Labute approximate surface area is 236 Å². The van der Waals surface area contributed by atoms with Crippen molar-refractivity contribution in [2.45, 2.75) is 75.5 Å². The highest BCUT2D eigenvalue weighted by atomic mass is 79.9. The van der Waals surface area contributed by atoms with Gasteiger partial charge in [0.25, 0.3) is 0 Å². The molecule has 2 saturated heterocycles. The van der Waals surface area contributed by atoms with Gasteiger partial charge in [-0.25, -0.2) is 0 Å². The van der Waals surface area contributed by atoms with Crippen LogP contribution in [0.1, 0.15) is 51.4 Å². The van der Waals surface area contributed by atoms with Gasteiger partial charge in [0.15, 0.2) is 0 Å². The molecule has 0 bridgehead atoms. The molecule has 4 aliphatic rings. The lowest BCUT2D eigenvalue weighted by Crippen LogP contribution is -2.47. The molecule has 0 amide bonds. The van der Waals surface area contributed by atoms with Crippen LogP contribution in [0.25, 0.3) is 0 Å². The molecule has 0 radical (unpaired) electrons. The second-order valence-electron chi connectivity index (χ2n) is 10.7. The van der Waals surface area contributed by atoms with Gasteiger partial charge in [0.2, 0.25) is 0 Å². The third-order valence-corrected chi connectivity index (χ3v) is 9.37. The molecule has 6 rings (SSSR count). The van der Waals surface area contributed by atoms with Gasteiger partial charge in [-0.05, 0) is 74.2 Å². The summed E-state index contributed by atoms with van der Waals surface area (Å²) in [6.07, 6.45) is 10.0. The fraction of sp³-hybridized carbons (Fsp3) is 0.556. The van der Waals surface area contributed by atoms with E-state index in [1.54, 1.807) is 0 Å². The van der Waals surface area contributed by atoms with Crippen molar-refractivity contribution in [1.82, 2.24) is 19.8 Å². The monoisotopic (exact) mass is 628 g/mol. The summed E-state index contributed by atoms with van der Waals surface area (Å²) in [5, 5.41) is 23.1. The van der Waals surface area contributed by atoms with Crippen molar-refractivity contribution < 1.29 is 0 Å². The van der Waals surface area contributed by atoms with Crippen LogP contribution in [0.15, 0.2) is 78.2 Å². The number of fused-ring (bicyclic) bond motifs is 2. The number of halogens is 2. The molecule has 2 aliphatic heterocycles. The first-order chi connectivity index (χ1) is 18.1. The predicted octanol–water partition coefficient (Wildman–Crippen LogP) is 7.64. The first-order valence-corrected chi connectivity index (χ1v) is 15.1. The second-order valence-corrected chi connectivity index (χ2v) is 12.5. The number of hydrogen-bond acceptors (Lipinski definition) is 6. The molecule has 4 unspecified atom stereocenters. The normalized spacial score (nSPS) is 28.9.